The number of amides is 2. The summed E-state index contributed by atoms with van der Waals surface area (Å²) in [6, 6.07) is 10.6. The second-order valence-corrected chi connectivity index (χ2v) is 8.27. The molecule has 1 aliphatic heterocycles. The van der Waals surface area contributed by atoms with Crippen LogP contribution in [0.15, 0.2) is 42.5 Å². The Kier molecular flexibility index (Phi) is 7.04. The lowest BCUT2D eigenvalue weighted by Gasteiger charge is -2.24. The molecule has 1 fully saturated rings. The van der Waals surface area contributed by atoms with E-state index in [1.54, 1.807) is 18.2 Å². The normalized spacial score (nSPS) is 19.6. The maximum Gasteiger partial charge on any atom is 0.252 e. The molecule has 8 heteroatoms. The lowest BCUT2D eigenvalue weighted by molar-refractivity contribution is -0.133. The zero-order valence-corrected chi connectivity index (χ0v) is 17.6. The molecule has 3 unspecified atom stereocenters. The van der Waals surface area contributed by atoms with Gasteiger partial charge in [-0.1, -0.05) is 44.2 Å². The van der Waals surface area contributed by atoms with Gasteiger partial charge in [0.15, 0.2) is 11.4 Å². The summed E-state index contributed by atoms with van der Waals surface area (Å²) in [6.07, 6.45) is 0.340. The van der Waals surface area contributed by atoms with E-state index in [2.05, 4.69) is 10.6 Å². The minimum absolute atomic E-state index is 0.0866. The van der Waals surface area contributed by atoms with Gasteiger partial charge in [0, 0.05) is 5.56 Å². The van der Waals surface area contributed by atoms with E-state index in [1.807, 2.05) is 38.1 Å². The Morgan fingerprint density at radius 3 is 2.29 bits per heavy atom. The van der Waals surface area contributed by atoms with E-state index in [0.717, 1.165) is 10.8 Å². The summed E-state index contributed by atoms with van der Waals surface area (Å²) in [5.74, 6) is -1.51. The fourth-order valence-electron chi connectivity index (χ4n) is 3.46. The number of nitrogens with one attached hydrogen (secondary N) is 2. The van der Waals surface area contributed by atoms with Gasteiger partial charge < -0.3 is 25.6 Å². The van der Waals surface area contributed by atoms with E-state index in [0.29, 0.717) is 12.0 Å². The Labute approximate surface area is 180 Å². The van der Waals surface area contributed by atoms with Crippen LogP contribution in [0.4, 0.5) is 0 Å². The van der Waals surface area contributed by atoms with Gasteiger partial charge in [-0.2, -0.15) is 0 Å². The smallest absolute Gasteiger partial charge is 0.252 e. The predicted molar refractivity (Wildman–Crippen MR) is 114 cm³/mol. The Bertz CT molecular complexity index is 969. The second-order valence-electron chi connectivity index (χ2n) is 8.27. The molecule has 166 valence electrons. The van der Waals surface area contributed by atoms with Crippen molar-refractivity contribution < 1.29 is 29.3 Å². The van der Waals surface area contributed by atoms with Crippen molar-refractivity contribution in [1.82, 2.24) is 10.6 Å². The third-order valence-electron chi connectivity index (χ3n) is 5.35. The molecular weight excluding hydrogens is 400 g/mol. The van der Waals surface area contributed by atoms with Crippen LogP contribution in [0.3, 0.4) is 0 Å². The van der Waals surface area contributed by atoms with Crippen molar-refractivity contribution in [3.05, 3.63) is 48.0 Å². The van der Waals surface area contributed by atoms with Crippen LogP contribution in [-0.2, 0) is 14.3 Å². The van der Waals surface area contributed by atoms with Crippen LogP contribution in [0.25, 0.3) is 10.8 Å². The fraction of sp³-hybridized carbons (Fsp3) is 0.435. The van der Waals surface area contributed by atoms with Gasteiger partial charge in [0.25, 0.3) is 5.91 Å². The molecule has 0 radical (unpaired) electrons. The van der Waals surface area contributed by atoms with Crippen LogP contribution in [0.1, 0.15) is 30.6 Å². The van der Waals surface area contributed by atoms with Crippen molar-refractivity contribution in [2.24, 2.45) is 5.92 Å². The summed E-state index contributed by atoms with van der Waals surface area (Å²) in [6.45, 7) is 2.82. The lowest BCUT2D eigenvalue weighted by atomic mass is 9.92. The number of fused-ring (bicyclic) bond motifs is 1. The third kappa shape index (κ3) is 5.28. The van der Waals surface area contributed by atoms with Crippen LogP contribution in [0, 0.1) is 5.92 Å². The average Bonchev–Trinajstić information content (AvgIpc) is 3.56. The average molecular weight is 428 g/mol. The van der Waals surface area contributed by atoms with E-state index < -0.39 is 48.5 Å². The topological polar surface area (TPSA) is 128 Å². The van der Waals surface area contributed by atoms with Crippen LogP contribution in [0.5, 0.6) is 0 Å². The maximum absolute atomic E-state index is 12.8. The summed E-state index contributed by atoms with van der Waals surface area (Å²) in [7, 11) is 0. The van der Waals surface area contributed by atoms with Crippen molar-refractivity contribution in [3.8, 4) is 0 Å². The largest absolute Gasteiger partial charge is 0.394 e. The zero-order valence-electron chi connectivity index (χ0n) is 17.6. The number of ketones is 1. The van der Waals surface area contributed by atoms with E-state index in [4.69, 9.17) is 4.74 Å². The van der Waals surface area contributed by atoms with Crippen LogP contribution in [0.2, 0.25) is 0 Å². The molecule has 1 aliphatic rings. The highest BCUT2D eigenvalue weighted by molar-refractivity contribution is 6.02. The summed E-state index contributed by atoms with van der Waals surface area (Å²) >= 11 is 0. The highest BCUT2D eigenvalue weighted by Crippen LogP contribution is 2.30. The van der Waals surface area contributed by atoms with Crippen molar-refractivity contribution in [3.63, 3.8) is 0 Å². The molecule has 8 nitrogen and oxygen atoms in total. The highest BCUT2D eigenvalue weighted by atomic mass is 16.6. The first-order valence-corrected chi connectivity index (χ1v) is 10.3. The number of ether oxygens (including phenoxy) is 1. The van der Waals surface area contributed by atoms with Gasteiger partial charge in [-0.25, -0.2) is 0 Å². The number of hydrogen-bond donors (Lipinski definition) is 4. The second kappa shape index (κ2) is 9.55. The van der Waals surface area contributed by atoms with Crippen molar-refractivity contribution in [2.45, 2.75) is 38.0 Å². The van der Waals surface area contributed by atoms with Crippen molar-refractivity contribution in [1.29, 1.82) is 0 Å². The number of carbonyl (C=O) groups excluding carboxylic acids is 3. The SMILES string of the molecule is CC(C)CC(NC(=O)C(CO)NC(=O)c1ccc2ccccc2c1)C(=O)C1(CO)CO1. The van der Waals surface area contributed by atoms with Gasteiger partial charge in [0.05, 0.1) is 25.9 Å². The van der Waals surface area contributed by atoms with Crippen LogP contribution >= 0.6 is 0 Å². The standard InChI is InChI=1S/C23H28N2O6/c1-14(2)9-18(20(28)23(12-27)13-31-23)24-22(30)19(11-26)25-21(29)17-8-7-15-5-3-4-6-16(15)10-17/h3-8,10,14,18-19,26-27H,9,11-13H2,1-2H3,(H,24,30)(H,25,29). The van der Waals surface area contributed by atoms with E-state index in [1.165, 1.54) is 0 Å². The minimum atomic E-state index is -1.27. The quantitative estimate of drug-likeness (QED) is 0.414. The summed E-state index contributed by atoms with van der Waals surface area (Å²) in [5, 5.41) is 26.1. The van der Waals surface area contributed by atoms with Gasteiger partial charge in [-0.3, -0.25) is 14.4 Å². The summed E-state index contributed by atoms with van der Waals surface area (Å²) < 4.78 is 5.13. The lowest BCUT2D eigenvalue weighted by Crippen LogP contribution is -2.55. The summed E-state index contributed by atoms with van der Waals surface area (Å²) in [4.78, 5) is 38.2. The molecule has 0 bridgehead atoms. The van der Waals surface area contributed by atoms with Crippen molar-refractivity contribution >= 4 is 28.4 Å². The van der Waals surface area contributed by atoms with Gasteiger partial charge >= 0.3 is 0 Å². The third-order valence-corrected chi connectivity index (χ3v) is 5.35. The zero-order chi connectivity index (χ0) is 22.6. The Balaban J connectivity index is 1.70. The van der Waals surface area contributed by atoms with E-state index in [9.17, 15) is 24.6 Å². The molecule has 0 saturated carbocycles. The molecule has 2 aromatic rings. The summed E-state index contributed by atoms with van der Waals surface area (Å²) in [5.41, 5.74) is -0.916. The first kappa shape index (κ1) is 22.9. The molecule has 3 atom stereocenters. The molecule has 0 spiro atoms. The number of epoxide rings is 1. The fourth-order valence-corrected chi connectivity index (χ4v) is 3.46. The number of aliphatic hydroxyl groups is 2. The van der Waals surface area contributed by atoms with E-state index in [-0.39, 0.29) is 12.5 Å². The highest BCUT2D eigenvalue weighted by Gasteiger charge is 2.54. The number of carbonyl (C=O) groups is 3. The van der Waals surface area contributed by atoms with Gasteiger partial charge in [0.1, 0.15) is 6.04 Å². The van der Waals surface area contributed by atoms with Crippen LogP contribution < -0.4 is 10.6 Å². The minimum Gasteiger partial charge on any atom is -0.394 e. The number of rotatable bonds is 10. The van der Waals surface area contributed by atoms with Crippen molar-refractivity contribution in [2.75, 3.05) is 19.8 Å². The molecule has 2 amide bonds. The molecule has 3 rings (SSSR count). The number of aliphatic hydroxyl groups excluding tert-OH is 2. The Morgan fingerprint density at radius 2 is 1.71 bits per heavy atom. The number of hydrogen-bond acceptors (Lipinski definition) is 6. The molecule has 1 saturated heterocycles. The molecular formula is C23H28N2O6. The molecule has 1 heterocycles. The van der Waals surface area contributed by atoms with Crippen LogP contribution in [-0.4, -0.2) is 65.3 Å². The van der Waals surface area contributed by atoms with Gasteiger partial charge in [0.2, 0.25) is 5.91 Å². The first-order valence-electron chi connectivity index (χ1n) is 10.3. The number of benzene rings is 2. The van der Waals surface area contributed by atoms with E-state index >= 15 is 0 Å². The molecule has 4 N–H and O–H groups in total. The molecule has 0 aromatic heterocycles. The Hall–Kier alpha value is -2.81. The Morgan fingerprint density at radius 1 is 1.03 bits per heavy atom. The molecule has 0 aliphatic carbocycles. The van der Waals surface area contributed by atoms with Gasteiger partial charge in [-0.05, 0) is 35.2 Å². The molecule has 31 heavy (non-hydrogen) atoms. The first-order chi connectivity index (χ1) is 14.8. The maximum atomic E-state index is 12.8. The monoisotopic (exact) mass is 428 g/mol. The number of Topliss-reactive ketones (excluding diaryl/α,β-unsaturated/α-hetero) is 1. The molecule has 2 aromatic carbocycles. The van der Waals surface area contributed by atoms with Gasteiger partial charge in [-0.15, -0.1) is 0 Å². The predicted octanol–water partition coefficient (Wildman–Crippen LogP) is 0.792.